The van der Waals surface area contributed by atoms with Crippen LogP contribution in [-0.4, -0.2) is 105 Å². The number of piperazine rings is 1. The van der Waals surface area contributed by atoms with E-state index >= 15 is 4.39 Å². The van der Waals surface area contributed by atoms with Gasteiger partial charge in [-0.15, -0.1) is 0 Å². The summed E-state index contributed by atoms with van der Waals surface area (Å²) in [6, 6.07) is 2.88. The number of carbonyl (C=O) groups is 2. The van der Waals surface area contributed by atoms with Crippen LogP contribution in [0.25, 0.3) is 22.2 Å². The number of fused-ring (bicyclic) bond motifs is 5. The molecule has 49 heavy (non-hydrogen) atoms. The molecular weight excluding hydrogens is 638 g/mol. The molecule has 4 fully saturated rings. The first-order valence-electron chi connectivity index (χ1n) is 17.2. The van der Waals surface area contributed by atoms with Crippen LogP contribution in [0.2, 0.25) is 0 Å². The third-order valence-electron chi connectivity index (χ3n) is 11.2. The average Bonchev–Trinajstić information content (AvgIpc) is 3.79. The number of benzene rings is 1. The van der Waals surface area contributed by atoms with E-state index in [1.54, 1.807) is 23.2 Å². The van der Waals surface area contributed by atoms with E-state index < -0.39 is 36.4 Å². The van der Waals surface area contributed by atoms with Gasteiger partial charge in [0, 0.05) is 44.7 Å². The summed E-state index contributed by atoms with van der Waals surface area (Å²) in [7, 11) is 0. The van der Waals surface area contributed by atoms with E-state index in [-0.39, 0.29) is 47.6 Å². The Labute approximate surface area is 282 Å². The number of aromatic nitrogens is 3. The molecule has 260 valence electrons. The summed E-state index contributed by atoms with van der Waals surface area (Å²) >= 11 is 0. The maximum Gasteiger partial charge on any atom is 0.413 e. The van der Waals surface area contributed by atoms with Crippen LogP contribution in [0.15, 0.2) is 18.3 Å². The van der Waals surface area contributed by atoms with E-state index in [0.29, 0.717) is 42.8 Å². The Hall–Kier alpha value is -4.33. The zero-order chi connectivity index (χ0) is 34.0. The lowest BCUT2D eigenvalue weighted by atomic mass is 9.94. The number of hydrogen-bond acceptors (Lipinski definition) is 11. The number of halogens is 2. The third-order valence-corrected chi connectivity index (χ3v) is 11.2. The van der Waals surface area contributed by atoms with Crippen LogP contribution in [0.3, 0.4) is 0 Å². The standard InChI is InChI=1S/C35H40F2N6O6/c1-19-4-5-21-10-25(45)11-26(28(19)21)30-29(37)31-27(13-38-30)32(40-33(39-31)47-17-35-8-3-9-42(35)14-22(36)12-35)41-15-23-6-7-24(16-41)43(23)34(46)49-18-48-20(2)44/h10-11,13,19,22-24,45H,3-9,12,14-18H2,1-2H3/t19?,22-,23?,24?,35+/m1/s1. The zero-order valence-corrected chi connectivity index (χ0v) is 27.7. The van der Waals surface area contributed by atoms with Gasteiger partial charge in [0.05, 0.1) is 23.0 Å². The first kappa shape index (κ1) is 31.9. The van der Waals surface area contributed by atoms with Crippen molar-refractivity contribution >= 4 is 28.8 Å². The first-order valence-corrected chi connectivity index (χ1v) is 17.2. The van der Waals surface area contributed by atoms with Gasteiger partial charge in [-0.25, -0.2) is 13.6 Å². The fourth-order valence-corrected chi connectivity index (χ4v) is 8.97. The zero-order valence-electron chi connectivity index (χ0n) is 27.7. The summed E-state index contributed by atoms with van der Waals surface area (Å²) in [6.45, 7) is 5.03. The van der Waals surface area contributed by atoms with Crippen LogP contribution in [-0.2, 0) is 20.7 Å². The quantitative estimate of drug-likeness (QED) is 0.272. The second-order valence-electron chi connectivity index (χ2n) is 14.2. The summed E-state index contributed by atoms with van der Waals surface area (Å²) in [5.41, 5.74) is 2.19. The molecule has 2 aromatic heterocycles. The van der Waals surface area contributed by atoms with Gasteiger partial charge in [-0.3, -0.25) is 19.6 Å². The van der Waals surface area contributed by atoms with Crippen LogP contribution in [0.1, 0.15) is 69.4 Å². The molecule has 6 heterocycles. The van der Waals surface area contributed by atoms with Crippen molar-refractivity contribution < 1.29 is 37.7 Å². The Morgan fingerprint density at radius 2 is 1.90 bits per heavy atom. The highest BCUT2D eigenvalue weighted by Crippen LogP contribution is 2.44. The Morgan fingerprint density at radius 1 is 1.10 bits per heavy atom. The maximum atomic E-state index is 16.9. The van der Waals surface area contributed by atoms with Gasteiger partial charge in [0.2, 0.25) is 6.79 Å². The number of carbonyl (C=O) groups excluding carboxylic acids is 2. The number of amides is 1. The van der Waals surface area contributed by atoms with Crippen molar-refractivity contribution in [2.45, 2.75) is 88.5 Å². The topological polar surface area (TPSA) is 130 Å². The minimum absolute atomic E-state index is 0.00726. The fraction of sp³-hybridized carbons (Fsp3) is 0.571. The predicted molar refractivity (Wildman–Crippen MR) is 174 cm³/mol. The summed E-state index contributed by atoms with van der Waals surface area (Å²) < 4.78 is 47.7. The Balaban J connectivity index is 1.16. The normalized spacial score (nSPS) is 27.4. The Bertz CT molecular complexity index is 1820. The summed E-state index contributed by atoms with van der Waals surface area (Å²) in [5.74, 6) is -0.515. The molecule has 1 amide bonds. The van der Waals surface area contributed by atoms with Gasteiger partial charge in [-0.05, 0) is 74.2 Å². The molecule has 5 aliphatic rings. The number of hydrogen-bond donors (Lipinski definition) is 1. The molecule has 1 aliphatic carbocycles. The SMILES string of the molecule is CC(=O)OCOC(=O)N1C2CCC1CN(c1nc(OC[C@@]34CCCN3C[C@H](F)C4)nc3c(F)c(-c4cc(O)cc5c4C(C)CC5)ncc13)C2. The molecule has 4 saturated heterocycles. The molecule has 0 spiro atoms. The second kappa shape index (κ2) is 12.2. The molecule has 3 unspecified atom stereocenters. The largest absolute Gasteiger partial charge is 0.508 e. The maximum absolute atomic E-state index is 16.9. The number of anilines is 1. The van der Waals surface area contributed by atoms with Gasteiger partial charge >= 0.3 is 18.1 Å². The molecule has 5 atom stereocenters. The molecule has 0 radical (unpaired) electrons. The molecule has 12 nitrogen and oxygen atoms in total. The molecule has 2 bridgehead atoms. The average molecular weight is 679 g/mol. The lowest BCUT2D eigenvalue weighted by Crippen LogP contribution is -2.56. The summed E-state index contributed by atoms with van der Waals surface area (Å²) in [6.07, 6.45) is 5.37. The van der Waals surface area contributed by atoms with Crippen molar-refractivity contribution in [2.24, 2.45) is 0 Å². The van der Waals surface area contributed by atoms with Crippen molar-refractivity contribution in [3.8, 4) is 23.0 Å². The minimum atomic E-state index is -0.929. The number of phenolic OH excluding ortho intramolecular Hbond substituents is 1. The molecule has 4 aliphatic heterocycles. The number of aryl methyl sites for hydroxylation is 1. The third kappa shape index (κ3) is 5.57. The van der Waals surface area contributed by atoms with Crippen LogP contribution in [0, 0.1) is 5.82 Å². The molecular formula is C35H40F2N6O6. The number of alkyl halides is 1. The molecule has 14 heteroatoms. The van der Waals surface area contributed by atoms with E-state index in [1.165, 1.54) is 6.92 Å². The van der Waals surface area contributed by atoms with Gasteiger partial charge in [0.15, 0.2) is 5.82 Å². The predicted octanol–water partition coefficient (Wildman–Crippen LogP) is 4.85. The molecule has 8 rings (SSSR count). The van der Waals surface area contributed by atoms with Crippen molar-refractivity contribution in [1.29, 1.82) is 0 Å². The van der Waals surface area contributed by atoms with E-state index in [2.05, 4.69) is 21.8 Å². The fourth-order valence-electron chi connectivity index (χ4n) is 8.97. The molecule has 3 aromatic rings. The van der Waals surface area contributed by atoms with Gasteiger partial charge in [0.25, 0.3) is 0 Å². The lowest BCUT2D eigenvalue weighted by Gasteiger charge is -2.41. The number of esters is 1. The van der Waals surface area contributed by atoms with Gasteiger partial charge in [0.1, 0.15) is 35.6 Å². The van der Waals surface area contributed by atoms with Crippen molar-refractivity contribution in [3.63, 3.8) is 0 Å². The van der Waals surface area contributed by atoms with Crippen LogP contribution < -0.4 is 9.64 Å². The van der Waals surface area contributed by atoms with E-state index in [9.17, 15) is 19.1 Å². The van der Waals surface area contributed by atoms with Crippen LogP contribution >= 0.6 is 0 Å². The first-order chi connectivity index (χ1) is 23.6. The molecule has 0 saturated carbocycles. The van der Waals surface area contributed by atoms with Crippen molar-refractivity contribution in [1.82, 2.24) is 24.8 Å². The van der Waals surface area contributed by atoms with Gasteiger partial charge in [-0.2, -0.15) is 9.97 Å². The van der Waals surface area contributed by atoms with Crippen molar-refractivity contribution in [3.05, 3.63) is 35.3 Å². The molecule has 1 N–H and O–H groups in total. The number of ether oxygens (including phenoxy) is 3. The Kier molecular flexibility index (Phi) is 7.96. The van der Waals surface area contributed by atoms with Crippen molar-refractivity contribution in [2.75, 3.05) is 44.5 Å². The highest BCUT2D eigenvalue weighted by molar-refractivity contribution is 5.92. The smallest absolute Gasteiger partial charge is 0.413 e. The highest BCUT2D eigenvalue weighted by atomic mass is 19.1. The summed E-state index contributed by atoms with van der Waals surface area (Å²) in [4.78, 5) is 44.0. The van der Waals surface area contributed by atoms with Crippen LogP contribution in [0.4, 0.5) is 19.4 Å². The number of rotatable bonds is 7. The van der Waals surface area contributed by atoms with E-state index in [4.69, 9.17) is 19.2 Å². The molecule has 1 aromatic carbocycles. The van der Waals surface area contributed by atoms with Gasteiger partial charge in [-0.1, -0.05) is 6.92 Å². The van der Waals surface area contributed by atoms with E-state index in [1.807, 2.05) is 4.90 Å². The summed E-state index contributed by atoms with van der Waals surface area (Å²) in [5, 5.41) is 10.9. The number of aromatic hydroxyl groups is 1. The lowest BCUT2D eigenvalue weighted by molar-refractivity contribution is -0.149. The number of pyridine rings is 1. The van der Waals surface area contributed by atoms with Gasteiger partial charge < -0.3 is 24.2 Å². The minimum Gasteiger partial charge on any atom is -0.508 e. The number of phenols is 1. The Morgan fingerprint density at radius 3 is 2.67 bits per heavy atom. The number of nitrogens with zero attached hydrogens (tertiary/aromatic N) is 6. The van der Waals surface area contributed by atoms with Crippen LogP contribution in [0.5, 0.6) is 11.8 Å². The monoisotopic (exact) mass is 678 g/mol. The second-order valence-corrected chi connectivity index (χ2v) is 14.2. The highest BCUT2D eigenvalue weighted by Gasteiger charge is 2.50. The van der Waals surface area contributed by atoms with E-state index in [0.717, 1.165) is 56.2 Å².